The maximum absolute atomic E-state index is 11.8. The standard InChI is InChI=1S/C10H19N3O4S/c1-8-10(9(2)17-12-8)7-11-18(15,16)13(3)5-4-6-14/h11,14H,4-7H2,1-3H3. The molecule has 8 heteroatoms. The Morgan fingerprint density at radius 2 is 2.11 bits per heavy atom. The molecule has 1 aromatic rings. The second kappa shape index (κ2) is 6.28. The summed E-state index contributed by atoms with van der Waals surface area (Å²) in [5.74, 6) is 0.605. The Hall–Kier alpha value is -0.960. The van der Waals surface area contributed by atoms with Gasteiger partial charge in [-0.3, -0.25) is 0 Å². The van der Waals surface area contributed by atoms with Crippen molar-refractivity contribution in [3.63, 3.8) is 0 Å². The molecule has 0 atom stereocenters. The smallest absolute Gasteiger partial charge is 0.279 e. The lowest BCUT2D eigenvalue weighted by Gasteiger charge is -2.16. The molecule has 0 aliphatic carbocycles. The van der Waals surface area contributed by atoms with Crippen LogP contribution in [0.4, 0.5) is 0 Å². The summed E-state index contributed by atoms with van der Waals surface area (Å²) in [4.78, 5) is 0. The highest BCUT2D eigenvalue weighted by Gasteiger charge is 2.18. The molecule has 0 aromatic carbocycles. The number of hydrogen-bond donors (Lipinski definition) is 2. The van der Waals surface area contributed by atoms with Crippen LogP contribution in [0.1, 0.15) is 23.4 Å². The van der Waals surface area contributed by atoms with E-state index in [0.29, 0.717) is 17.9 Å². The highest BCUT2D eigenvalue weighted by molar-refractivity contribution is 7.87. The van der Waals surface area contributed by atoms with Gasteiger partial charge in [0.15, 0.2) is 0 Å². The number of aliphatic hydroxyl groups is 1. The lowest BCUT2D eigenvalue weighted by Crippen LogP contribution is -2.38. The van der Waals surface area contributed by atoms with E-state index in [1.807, 2.05) is 0 Å². The molecule has 18 heavy (non-hydrogen) atoms. The SMILES string of the molecule is Cc1noc(C)c1CNS(=O)(=O)N(C)CCCO. The monoisotopic (exact) mass is 277 g/mol. The highest BCUT2D eigenvalue weighted by Crippen LogP contribution is 2.12. The normalized spacial score (nSPS) is 12.3. The Bertz CT molecular complexity index is 464. The molecule has 0 spiro atoms. The quantitative estimate of drug-likeness (QED) is 0.728. The van der Waals surface area contributed by atoms with Crippen molar-refractivity contribution in [1.29, 1.82) is 0 Å². The number of aromatic nitrogens is 1. The van der Waals surface area contributed by atoms with E-state index in [-0.39, 0.29) is 19.7 Å². The average molecular weight is 277 g/mol. The van der Waals surface area contributed by atoms with Crippen LogP contribution in [0.15, 0.2) is 4.52 Å². The van der Waals surface area contributed by atoms with Crippen molar-refractivity contribution in [1.82, 2.24) is 14.2 Å². The second-order valence-electron chi connectivity index (χ2n) is 4.03. The summed E-state index contributed by atoms with van der Waals surface area (Å²) in [5.41, 5.74) is 1.42. The van der Waals surface area contributed by atoms with Crippen molar-refractivity contribution in [3.8, 4) is 0 Å². The Morgan fingerprint density at radius 1 is 1.44 bits per heavy atom. The molecule has 0 saturated heterocycles. The van der Waals surface area contributed by atoms with Gasteiger partial charge in [-0.05, 0) is 20.3 Å². The molecule has 1 aromatic heterocycles. The molecule has 2 N–H and O–H groups in total. The largest absolute Gasteiger partial charge is 0.396 e. The topological polar surface area (TPSA) is 95.7 Å². The molecule has 1 heterocycles. The van der Waals surface area contributed by atoms with E-state index in [2.05, 4.69) is 9.88 Å². The van der Waals surface area contributed by atoms with Crippen LogP contribution in [0.5, 0.6) is 0 Å². The molecule has 0 bridgehead atoms. The lowest BCUT2D eigenvalue weighted by molar-refractivity contribution is 0.275. The van der Waals surface area contributed by atoms with E-state index in [1.165, 1.54) is 11.4 Å². The predicted molar refractivity (Wildman–Crippen MR) is 66.1 cm³/mol. The summed E-state index contributed by atoms with van der Waals surface area (Å²) < 4.78 is 32.3. The summed E-state index contributed by atoms with van der Waals surface area (Å²) in [6.07, 6.45) is 0.405. The van der Waals surface area contributed by atoms with Crippen molar-refractivity contribution in [2.45, 2.75) is 26.8 Å². The van der Waals surface area contributed by atoms with E-state index in [9.17, 15) is 8.42 Å². The van der Waals surface area contributed by atoms with Crippen LogP contribution in [0.2, 0.25) is 0 Å². The van der Waals surface area contributed by atoms with Crippen molar-refractivity contribution in [3.05, 3.63) is 17.0 Å². The highest BCUT2D eigenvalue weighted by atomic mass is 32.2. The van der Waals surface area contributed by atoms with E-state index in [1.54, 1.807) is 13.8 Å². The van der Waals surface area contributed by atoms with Gasteiger partial charge in [0.2, 0.25) is 0 Å². The zero-order chi connectivity index (χ0) is 13.8. The summed E-state index contributed by atoms with van der Waals surface area (Å²) >= 11 is 0. The molecule has 7 nitrogen and oxygen atoms in total. The van der Waals surface area contributed by atoms with E-state index in [0.717, 1.165) is 5.56 Å². The average Bonchev–Trinajstić information content (AvgIpc) is 2.63. The molecule has 0 amide bonds. The van der Waals surface area contributed by atoms with E-state index in [4.69, 9.17) is 9.63 Å². The lowest BCUT2D eigenvalue weighted by atomic mass is 10.2. The summed E-state index contributed by atoms with van der Waals surface area (Å²) in [7, 11) is -2.08. The zero-order valence-corrected chi connectivity index (χ0v) is 11.6. The Balaban J connectivity index is 2.62. The number of hydrogen-bond acceptors (Lipinski definition) is 5. The molecule has 0 saturated carbocycles. The van der Waals surface area contributed by atoms with Gasteiger partial charge in [0.05, 0.1) is 5.69 Å². The molecule has 0 aliphatic heterocycles. The molecule has 1 rings (SSSR count). The van der Waals surface area contributed by atoms with Crippen molar-refractivity contribution in [2.75, 3.05) is 20.2 Å². The van der Waals surface area contributed by atoms with Crippen LogP contribution in [0.3, 0.4) is 0 Å². The van der Waals surface area contributed by atoms with Crippen LogP contribution in [-0.4, -0.2) is 43.2 Å². The van der Waals surface area contributed by atoms with Crippen LogP contribution >= 0.6 is 0 Å². The molecule has 0 unspecified atom stereocenters. The van der Waals surface area contributed by atoms with Crippen LogP contribution < -0.4 is 4.72 Å². The third-order valence-electron chi connectivity index (χ3n) is 2.65. The number of nitrogens with one attached hydrogen (secondary N) is 1. The molecular weight excluding hydrogens is 258 g/mol. The first-order chi connectivity index (χ1) is 8.38. The third kappa shape index (κ3) is 3.77. The molecule has 0 fully saturated rings. The number of nitrogens with zero attached hydrogens (tertiary/aromatic N) is 2. The van der Waals surface area contributed by atoms with Gasteiger partial charge >= 0.3 is 0 Å². The third-order valence-corrected chi connectivity index (χ3v) is 4.17. The second-order valence-corrected chi connectivity index (χ2v) is 5.89. The Morgan fingerprint density at radius 3 is 2.61 bits per heavy atom. The van der Waals surface area contributed by atoms with E-state index >= 15 is 0 Å². The number of rotatable bonds is 7. The minimum atomic E-state index is -3.54. The summed E-state index contributed by atoms with van der Waals surface area (Å²) in [6, 6.07) is 0. The fourth-order valence-corrected chi connectivity index (χ4v) is 2.36. The molecular formula is C10H19N3O4S. The van der Waals surface area contributed by atoms with Gasteiger partial charge in [0.25, 0.3) is 10.2 Å². The minimum absolute atomic E-state index is 0.0380. The number of aliphatic hydroxyl groups excluding tert-OH is 1. The van der Waals surface area contributed by atoms with Gasteiger partial charge < -0.3 is 9.63 Å². The van der Waals surface area contributed by atoms with E-state index < -0.39 is 10.2 Å². The first kappa shape index (κ1) is 15.1. The minimum Gasteiger partial charge on any atom is -0.396 e. The summed E-state index contributed by atoms with van der Waals surface area (Å²) in [5, 5.41) is 12.4. The molecule has 104 valence electrons. The van der Waals surface area contributed by atoms with Crippen LogP contribution in [0.25, 0.3) is 0 Å². The Labute approximate surface area is 107 Å². The van der Waals surface area contributed by atoms with Crippen LogP contribution in [-0.2, 0) is 16.8 Å². The molecule has 0 aliphatic rings. The van der Waals surface area contributed by atoms with Crippen molar-refractivity contribution in [2.24, 2.45) is 0 Å². The van der Waals surface area contributed by atoms with Crippen molar-refractivity contribution >= 4 is 10.2 Å². The first-order valence-electron chi connectivity index (χ1n) is 5.62. The fourth-order valence-electron chi connectivity index (χ4n) is 1.44. The van der Waals surface area contributed by atoms with Gasteiger partial charge in [-0.25, -0.2) is 0 Å². The van der Waals surface area contributed by atoms with Gasteiger partial charge in [-0.1, -0.05) is 5.16 Å². The van der Waals surface area contributed by atoms with Gasteiger partial charge in [-0.2, -0.15) is 17.4 Å². The van der Waals surface area contributed by atoms with Crippen molar-refractivity contribution < 1.29 is 18.0 Å². The Kier molecular flexibility index (Phi) is 5.27. The number of aryl methyl sites for hydroxylation is 2. The first-order valence-corrected chi connectivity index (χ1v) is 7.06. The zero-order valence-electron chi connectivity index (χ0n) is 10.8. The van der Waals surface area contributed by atoms with Gasteiger partial charge in [-0.15, -0.1) is 0 Å². The molecule has 0 radical (unpaired) electrons. The van der Waals surface area contributed by atoms with Crippen LogP contribution in [0, 0.1) is 13.8 Å². The predicted octanol–water partition coefficient (Wildman–Crippen LogP) is -0.0600. The summed E-state index contributed by atoms with van der Waals surface area (Å²) in [6.45, 7) is 3.87. The van der Waals surface area contributed by atoms with Gasteiger partial charge in [0, 0.05) is 32.3 Å². The fraction of sp³-hybridized carbons (Fsp3) is 0.700. The maximum atomic E-state index is 11.8. The maximum Gasteiger partial charge on any atom is 0.279 e. The van der Waals surface area contributed by atoms with Gasteiger partial charge in [0.1, 0.15) is 5.76 Å².